The van der Waals surface area contributed by atoms with Crippen molar-refractivity contribution in [3.05, 3.63) is 27.9 Å². The molecule has 0 saturated heterocycles. The molecule has 0 aromatic carbocycles. The molecule has 1 aromatic heterocycles. The smallest absolute Gasteiger partial charge is 0.434 e. The zero-order valence-electron chi connectivity index (χ0n) is 11.6. The minimum absolute atomic E-state index is 0.194. The van der Waals surface area contributed by atoms with Crippen LogP contribution >= 0.6 is 11.3 Å². The first-order valence-corrected chi connectivity index (χ1v) is 7.27. The van der Waals surface area contributed by atoms with Crippen molar-refractivity contribution in [3.63, 3.8) is 0 Å². The number of ether oxygens (including phenoxy) is 1. The van der Waals surface area contributed by atoms with Gasteiger partial charge in [0, 0.05) is 5.38 Å². The van der Waals surface area contributed by atoms with E-state index in [9.17, 15) is 18.0 Å². The number of carbonyl (C=O) groups is 1. The number of halogens is 3. The molecular formula is C13H15F3N2O2S. The number of rotatable bonds is 3. The normalized spacial score (nSPS) is 16.1. The molecule has 1 aliphatic heterocycles. The first-order chi connectivity index (χ1) is 9.70. The lowest BCUT2D eigenvalue weighted by Gasteiger charge is -2.25. The summed E-state index contributed by atoms with van der Waals surface area (Å²) >= 11 is 0.866. The van der Waals surface area contributed by atoms with Gasteiger partial charge in [-0.3, -0.25) is 4.79 Å². The lowest BCUT2D eigenvalue weighted by molar-refractivity contribution is -0.140. The Labute approximate surface area is 124 Å². The summed E-state index contributed by atoms with van der Waals surface area (Å²) < 4.78 is 42.9. The van der Waals surface area contributed by atoms with Gasteiger partial charge in [0.05, 0.1) is 12.1 Å². The number of aromatic nitrogens is 1. The molecule has 116 valence electrons. The molecule has 1 aliphatic rings. The van der Waals surface area contributed by atoms with Crippen LogP contribution in [0.1, 0.15) is 37.4 Å². The van der Waals surface area contributed by atoms with Crippen molar-refractivity contribution in [1.82, 2.24) is 10.3 Å². The quantitative estimate of drug-likeness (QED) is 0.930. The van der Waals surface area contributed by atoms with Crippen LogP contribution in [0.25, 0.3) is 0 Å². The molecule has 0 aliphatic carbocycles. The van der Waals surface area contributed by atoms with E-state index in [1.54, 1.807) is 19.9 Å². The van der Waals surface area contributed by atoms with Gasteiger partial charge < -0.3 is 10.1 Å². The van der Waals surface area contributed by atoms with Gasteiger partial charge in [-0.2, -0.15) is 13.2 Å². The van der Waals surface area contributed by atoms with Gasteiger partial charge in [-0.1, -0.05) is 0 Å². The maximum atomic E-state index is 12.6. The highest BCUT2D eigenvalue weighted by Crippen LogP contribution is 2.33. The van der Waals surface area contributed by atoms with E-state index < -0.39 is 23.3 Å². The van der Waals surface area contributed by atoms with Crippen LogP contribution in [0.15, 0.2) is 17.2 Å². The summed E-state index contributed by atoms with van der Waals surface area (Å²) in [4.78, 5) is 15.6. The average molecular weight is 320 g/mol. The van der Waals surface area contributed by atoms with Gasteiger partial charge in [-0.25, -0.2) is 4.98 Å². The Balaban J connectivity index is 2.12. The minimum Gasteiger partial charge on any atom is -0.488 e. The van der Waals surface area contributed by atoms with Gasteiger partial charge in [-0.05, 0) is 32.8 Å². The van der Waals surface area contributed by atoms with Crippen LogP contribution in [0.3, 0.4) is 0 Å². The van der Waals surface area contributed by atoms with Crippen LogP contribution in [-0.2, 0) is 21.2 Å². The van der Waals surface area contributed by atoms with Gasteiger partial charge in [-0.15, -0.1) is 11.3 Å². The van der Waals surface area contributed by atoms with Crippen molar-refractivity contribution in [2.75, 3.05) is 6.61 Å². The second-order valence-corrected chi connectivity index (χ2v) is 6.03. The Morgan fingerprint density at radius 2 is 2.14 bits per heavy atom. The van der Waals surface area contributed by atoms with Crippen molar-refractivity contribution in [2.45, 2.75) is 38.4 Å². The van der Waals surface area contributed by atoms with E-state index in [1.807, 2.05) is 0 Å². The van der Waals surface area contributed by atoms with E-state index in [4.69, 9.17) is 4.74 Å². The second-order valence-electron chi connectivity index (χ2n) is 5.17. The van der Waals surface area contributed by atoms with Crippen molar-refractivity contribution < 1.29 is 22.7 Å². The van der Waals surface area contributed by atoms with Gasteiger partial charge in [0.1, 0.15) is 5.01 Å². The lowest BCUT2D eigenvalue weighted by atomic mass is 10.1. The summed E-state index contributed by atoms with van der Waals surface area (Å²) in [5, 5.41) is 3.79. The van der Waals surface area contributed by atoms with Crippen molar-refractivity contribution in [1.29, 1.82) is 0 Å². The Morgan fingerprint density at radius 3 is 2.67 bits per heavy atom. The third-order valence-electron chi connectivity index (χ3n) is 2.91. The fraction of sp³-hybridized carbons (Fsp3) is 0.538. The lowest BCUT2D eigenvalue weighted by Crippen LogP contribution is -2.42. The maximum absolute atomic E-state index is 12.6. The predicted molar refractivity (Wildman–Crippen MR) is 71.6 cm³/mol. The number of alkyl halides is 3. The number of nitrogens with one attached hydrogen (secondary N) is 1. The summed E-state index contributed by atoms with van der Waals surface area (Å²) in [5.41, 5.74) is -1.95. The van der Waals surface area contributed by atoms with Crippen LogP contribution in [0.5, 0.6) is 0 Å². The second kappa shape index (κ2) is 5.67. The number of thiazole rings is 1. The Kier molecular flexibility index (Phi) is 4.27. The number of hydrogen-bond acceptors (Lipinski definition) is 4. The van der Waals surface area contributed by atoms with Crippen LogP contribution in [-0.4, -0.2) is 17.5 Å². The molecule has 0 radical (unpaired) electrons. The standard InChI is InChI=1S/C13H15F3N2O2S/c1-12(2,11-17-9(7-21-11)13(14,15)16)18-10(19)8-5-3-4-6-20-8/h5,7H,3-4,6H2,1-2H3,(H,18,19). The largest absolute Gasteiger partial charge is 0.488 e. The molecule has 2 rings (SSSR count). The molecular weight excluding hydrogens is 305 g/mol. The minimum atomic E-state index is -4.48. The van der Waals surface area contributed by atoms with E-state index >= 15 is 0 Å². The summed E-state index contributed by atoms with van der Waals surface area (Å²) in [6.45, 7) is 3.68. The van der Waals surface area contributed by atoms with Crippen LogP contribution in [0, 0.1) is 0 Å². The van der Waals surface area contributed by atoms with Crippen molar-refractivity contribution in [2.24, 2.45) is 0 Å². The SMILES string of the molecule is CC(C)(NC(=O)C1=CCCCO1)c1nc(C(F)(F)F)cs1. The molecule has 0 spiro atoms. The van der Waals surface area contributed by atoms with Crippen LogP contribution < -0.4 is 5.32 Å². The van der Waals surface area contributed by atoms with Gasteiger partial charge in [0.2, 0.25) is 0 Å². The molecule has 1 aromatic rings. The average Bonchev–Trinajstić information content (AvgIpc) is 2.89. The fourth-order valence-corrected chi connectivity index (χ4v) is 2.71. The monoisotopic (exact) mass is 320 g/mol. The Bertz CT molecular complexity index is 564. The molecule has 0 bridgehead atoms. The number of allylic oxidation sites excluding steroid dienone is 1. The molecule has 1 N–H and O–H groups in total. The first-order valence-electron chi connectivity index (χ1n) is 6.39. The highest BCUT2D eigenvalue weighted by molar-refractivity contribution is 7.09. The topological polar surface area (TPSA) is 51.2 Å². The number of carbonyl (C=O) groups excluding carboxylic acids is 1. The highest BCUT2D eigenvalue weighted by atomic mass is 32.1. The maximum Gasteiger partial charge on any atom is 0.434 e. The number of amides is 1. The van der Waals surface area contributed by atoms with Crippen LogP contribution in [0.2, 0.25) is 0 Å². The van der Waals surface area contributed by atoms with Gasteiger partial charge in [0.15, 0.2) is 11.5 Å². The molecule has 0 fully saturated rings. The third kappa shape index (κ3) is 3.75. The van der Waals surface area contributed by atoms with Crippen molar-refractivity contribution >= 4 is 17.2 Å². The van der Waals surface area contributed by atoms with Crippen LogP contribution in [0.4, 0.5) is 13.2 Å². The molecule has 0 atom stereocenters. The highest BCUT2D eigenvalue weighted by Gasteiger charge is 2.36. The molecule has 0 unspecified atom stereocenters. The zero-order valence-corrected chi connectivity index (χ0v) is 12.4. The van der Waals surface area contributed by atoms with Gasteiger partial charge >= 0.3 is 6.18 Å². The van der Waals surface area contributed by atoms with E-state index in [2.05, 4.69) is 10.3 Å². The number of hydrogen-bond donors (Lipinski definition) is 1. The first kappa shape index (κ1) is 15.8. The molecule has 21 heavy (non-hydrogen) atoms. The van der Waals surface area contributed by atoms with E-state index in [1.165, 1.54) is 0 Å². The summed E-state index contributed by atoms with van der Waals surface area (Å²) in [6, 6.07) is 0. The van der Waals surface area contributed by atoms with Crippen molar-refractivity contribution in [3.8, 4) is 0 Å². The third-order valence-corrected chi connectivity index (χ3v) is 4.08. The molecule has 1 amide bonds. The molecule has 8 heteroatoms. The van der Waals surface area contributed by atoms with E-state index in [-0.39, 0.29) is 10.8 Å². The molecule has 0 saturated carbocycles. The fourth-order valence-electron chi connectivity index (χ4n) is 1.81. The zero-order chi connectivity index (χ0) is 15.7. The van der Waals surface area contributed by atoms with E-state index in [0.717, 1.165) is 29.6 Å². The Morgan fingerprint density at radius 1 is 1.43 bits per heavy atom. The molecule has 4 nitrogen and oxygen atoms in total. The summed E-state index contributed by atoms with van der Waals surface area (Å²) in [7, 11) is 0. The van der Waals surface area contributed by atoms with E-state index in [0.29, 0.717) is 6.61 Å². The number of nitrogens with zero attached hydrogens (tertiary/aromatic N) is 1. The predicted octanol–water partition coefficient (Wildman–Crippen LogP) is 3.21. The van der Waals surface area contributed by atoms with Gasteiger partial charge in [0.25, 0.3) is 5.91 Å². The summed E-state index contributed by atoms with van der Waals surface area (Å²) in [6.07, 6.45) is -1.21. The summed E-state index contributed by atoms with van der Waals surface area (Å²) in [5.74, 6) is -0.231. The Hall–Kier alpha value is -1.57. The molecule has 2 heterocycles.